The lowest BCUT2D eigenvalue weighted by molar-refractivity contribution is -0.174. The molecule has 0 bridgehead atoms. The molecule has 2 aliphatic rings. The van der Waals surface area contributed by atoms with Crippen molar-refractivity contribution in [2.75, 3.05) is 19.7 Å². The van der Waals surface area contributed by atoms with Crippen LogP contribution in [0.15, 0.2) is 23.0 Å². The van der Waals surface area contributed by atoms with E-state index >= 15 is 0 Å². The monoisotopic (exact) mass is 344 g/mol. The largest absolute Gasteiger partial charge is 0.473 e. The predicted molar refractivity (Wildman–Crippen MR) is 86.2 cm³/mol. The fourth-order valence-electron chi connectivity index (χ4n) is 3.38. The molecule has 0 saturated carbocycles. The Hall–Kier alpha value is -2.48. The standard InChI is InChI=1S/C17H20N4O4/c1-11-5-14(25-20-11)16(22)21-9-17(10-21)6-13(3-4-23-17)24-15-8-18-7-12(2)19-15/h5,7-8,13H,3-4,6,9-10H2,1-2H3. The van der Waals surface area contributed by atoms with E-state index in [1.807, 2.05) is 6.92 Å². The molecule has 8 nitrogen and oxygen atoms in total. The molecule has 0 radical (unpaired) electrons. The topological polar surface area (TPSA) is 90.6 Å². The Kier molecular flexibility index (Phi) is 3.91. The van der Waals surface area contributed by atoms with E-state index in [9.17, 15) is 4.79 Å². The Bertz CT molecular complexity index is 784. The highest BCUT2D eigenvalue weighted by molar-refractivity contribution is 5.92. The maximum absolute atomic E-state index is 12.4. The summed E-state index contributed by atoms with van der Waals surface area (Å²) < 4.78 is 17.0. The Morgan fingerprint density at radius 1 is 1.32 bits per heavy atom. The van der Waals surface area contributed by atoms with E-state index in [0.717, 1.165) is 18.5 Å². The number of amides is 1. The van der Waals surface area contributed by atoms with Gasteiger partial charge in [0.1, 0.15) is 11.7 Å². The molecule has 0 aromatic carbocycles. The number of likely N-dealkylation sites (tertiary alicyclic amines) is 1. The van der Waals surface area contributed by atoms with Crippen molar-refractivity contribution in [3.63, 3.8) is 0 Å². The maximum Gasteiger partial charge on any atom is 0.292 e. The molecule has 1 atom stereocenters. The fraction of sp³-hybridized carbons (Fsp3) is 0.529. The SMILES string of the molecule is Cc1cc(C(=O)N2CC3(CC(Oc4cncc(C)n4)CCO3)C2)on1. The van der Waals surface area contributed by atoms with E-state index in [-0.39, 0.29) is 23.4 Å². The zero-order valence-electron chi connectivity index (χ0n) is 14.3. The van der Waals surface area contributed by atoms with E-state index in [1.54, 1.807) is 30.3 Å². The summed E-state index contributed by atoms with van der Waals surface area (Å²) in [5.41, 5.74) is 1.17. The fourth-order valence-corrected chi connectivity index (χ4v) is 3.38. The van der Waals surface area contributed by atoms with E-state index in [2.05, 4.69) is 15.1 Å². The van der Waals surface area contributed by atoms with Crippen molar-refractivity contribution in [1.82, 2.24) is 20.0 Å². The smallest absolute Gasteiger partial charge is 0.292 e. The summed E-state index contributed by atoms with van der Waals surface area (Å²) in [5.74, 6) is 0.653. The zero-order valence-corrected chi connectivity index (χ0v) is 14.3. The molecule has 132 valence electrons. The number of hydrogen-bond acceptors (Lipinski definition) is 7. The van der Waals surface area contributed by atoms with Gasteiger partial charge in [-0.1, -0.05) is 5.16 Å². The van der Waals surface area contributed by atoms with Crippen molar-refractivity contribution in [3.05, 3.63) is 35.6 Å². The molecule has 1 unspecified atom stereocenters. The number of carbonyl (C=O) groups is 1. The minimum atomic E-state index is -0.342. The number of hydrogen-bond donors (Lipinski definition) is 0. The minimum absolute atomic E-state index is 0.00891. The van der Waals surface area contributed by atoms with Crippen LogP contribution in [-0.2, 0) is 4.74 Å². The number of carbonyl (C=O) groups excluding carboxylic acids is 1. The molecule has 2 aromatic rings. The lowest BCUT2D eigenvalue weighted by Gasteiger charge is -2.52. The second-order valence-electron chi connectivity index (χ2n) is 6.76. The van der Waals surface area contributed by atoms with Gasteiger partial charge in [-0.3, -0.25) is 9.78 Å². The molecule has 1 spiro atoms. The molecule has 25 heavy (non-hydrogen) atoms. The van der Waals surface area contributed by atoms with Gasteiger partial charge in [0.2, 0.25) is 11.6 Å². The summed E-state index contributed by atoms with van der Waals surface area (Å²) in [7, 11) is 0. The lowest BCUT2D eigenvalue weighted by atomic mass is 9.84. The number of ether oxygens (including phenoxy) is 2. The highest BCUT2D eigenvalue weighted by atomic mass is 16.5. The normalized spacial score (nSPS) is 21.8. The maximum atomic E-state index is 12.4. The van der Waals surface area contributed by atoms with Gasteiger partial charge < -0.3 is 18.9 Å². The van der Waals surface area contributed by atoms with Crippen LogP contribution in [0.1, 0.15) is 34.8 Å². The molecule has 2 saturated heterocycles. The van der Waals surface area contributed by atoms with Gasteiger partial charge in [0.25, 0.3) is 5.91 Å². The van der Waals surface area contributed by atoms with Crippen LogP contribution in [0.4, 0.5) is 0 Å². The first-order chi connectivity index (χ1) is 12.0. The van der Waals surface area contributed by atoms with Crippen molar-refractivity contribution < 1.29 is 18.8 Å². The Morgan fingerprint density at radius 2 is 2.16 bits per heavy atom. The summed E-state index contributed by atoms with van der Waals surface area (Å²) in [4.78, 5) is 22.5. The van der Waals surface area contributed by atoms with Crippen LogP contribution in [0, 0.1) is 13.8 Å². The first-order valence-corrected chi connectivity index (χ1v) is 8.35. The van der Waals surface area contributed by atoms with Crippen LogP contribution in [0.3, 0.4) is 0 Å². The molecule has 8 heteroatoms. The average Bonchev–Trinajstić information content (AvgIpc) is 2.99. The van der Waals surface area contributed by atoms with E-state index in [0.29, 0.717) is 31.3 Å². The molecule has 4 rings (SSSR count). The van der Waals surface area contributed by atoms with Gasteiger partial charge in [-0.25, -0.2) is 4.98 Å². The third-order valence-electron chi connectivity index (χ3n) is 4.55. The molecule has 0 aliphatic carbocycles. The van der Waals surface area contributed by atoms with E-state index < -0.39 is 0 Å². The number of rotatable bonds is 3. The third-order valence-corrected chi connectivity index (χ3v) is 4.55. The van der Waals surface area contributed by atoms with Crippen LogP contribution in [-0.4, -0.2) is 57.3 Å². The van der Waals surface area contributed by atoms with Gasteiger partial charge in [0.05, 0.1) is 37.3 Å². The lowest BCUT2D eigenvalue weighted by Crippen LogP contribution is -2.67. The molecule has 2 aliphatic heterocycles. The first-order valence-electron chi connectivity index (χ1n) is 8.35. The molecule has 2 aromatic heterocycles. The van der Waals surface area contributed by atoms with E-state index in [1.165, 1.54) is 0 Å². The second-order valence-corrected chi connectivity index (χ2v) is 6.76. The zero-order chi connectivity index (χ0) is 17.4. The van der Waals surface area contributed by atoms with Crippen molar-refractivity contribution in [2.45, 2.75) is 38.4 Å². The van der Waals surface area contributed by atoms with Crippen molar-refractivity contribution in [2.24, 2.45) is 0 Å². The van der Waals surface area contributed by atoms with Gasteiger partial charge in [-0.05, 0) is 13.8 Å². The van der Waals surface area contributed by atoms with E-state index in [4.69, 9.17) is 14.0 Å². The molecular formula is C17H20N4O4. The van der Waals surface area contributed by atoms with Crippen molar-refractivity contribution in [3.8, 4) is 5.88 Å². The van der Waals surface area contributed by atoms with Crippen LogP contribution in [0.25, 0.3) is 0 Å². The molecule has 4 heterocycles. The third kappa shape index (κ3) is 3.21. The Labute approximate surface area is 145 Å². The van der Waals surface area contributed by atoms with Gasteiger partial charge in [0, 0.05) is 25.1 Å². The van der Waals surface area contributed by atoms with Gasteiger partial charge in [-0.2, -0.15) is 0 Å². The number of aryl methyl sites for hydroxylation is 2. The minimum Gasteiger partial charge on any atom is -0.473 e. The van der Waals surface area contributed by atoms with Crippen molar-refractivity contribution >= 4 is 5.91 Å². The Balaban J connectivity index is 1.37. The predicted octanol–water partition coefficient (Wildman–Crippen LogP) is 1.53. The quantitative estimate of drug-likeness (QED) is 0.834. The number of nitrogens with zero attached hydrogens (tertiary/aromatic N) is 4. The summed E-state index contributed by atoms with van der Waals surface area (Å²) in [6.45, 7) is 5.34. The van der Waals surface area contributed by atoms with Gasteiger partial charge in [0.15, 0.2) is 0 Å². The molecule has 2 fully saturated rings. The van der Waals surface area contributed by atoms with Crippen molar-refractivity contribution in [1.29, 1.82) is 0 Å². The highest BCUT2D eigenvalue weighted by Crippen LogP contribution is 2.36. The number of aromatic nitrogens is 3. The molecule has 1 amide bonds. The van der Waals surface area contributed by atoms with Crippen LogP contribution >= 0.6 is 0 Å². The Morgan fingerprint density at radius 3 is 2.88 bits per heavy atom. The van der Waals surface area contributed by atoms with Gasteiger partial charge in [-0.15, -0.1) is 0 Å². The summed E-state index contributed by atoms with van der Waals surface area (Å²) in [6.07, 6.45) is 4.85. The van der Waals surface area contributed by atoms with Crippen LogP contribution < -0.4 is 4.74 Å². The summed E-state index contributed by atoms with van der Waals surface area (Å²) >= 11 is 0. The first kappa shape index (κ1) is 16.0. The summed E-state index contributed by atoms with van der Waals surface area (Å²) in [6, 6.07) is 1.65. The molecule has 0 N–H and O–H groups in total. The van der Waals surface area contributed by atoms with Gasteiger partial charge >= 0.3 is 0 Å². The van der Waals surface area contributed by atoms with Crippen LogP contribution in [0.5, 0.6) is 5.88 Å². The summed E-state index contributed by atoms with van der Waals surface area (Å²) in [5, 5.41) is 3.76. The highest BCUT2D eigenvalue weighted by Gasteiger charge is 2.50. The second kappa shape index (κ2) is 6.11. The van der Waals surface area contributed by atoms with Crippen LogP contribution in [0.2, 0.25) is 0 Å². The molecular weight excluding hydrogens is 324 g/mol. The average molecular weight is 344 g/mol.